The third kappa shape index (κ3) is 1.97. The van der Waals surface area contributed by atoms with Crippen LogP contribution < -0.4 is 21.2 Å². The Bertz CT molecular complexity index is 39.3. The average Bonchev–Trinajstić information content (AvgIpc) is 1.86. The summed E-state index contributed by atoms with van der Waals surface area (Å²) >= 11 is 3.31. The van der Waals surface area contributed by atoms with Gasteiger partial charge < -0.3 is 0 Å². The topological polar surface area (TPSA) is 0 Å². The summed E-state index contributed by atoms with van der Waals surface area (Å²) in [5, 5.41) is 0. The predicted octanol–water partition coefficient (Wildman–Crippen LogP) is -1.10. The Hall–Kier alpha value is 2.19. The van der Waals surface area contributed by atoms with Gasteiger partial charge in [0.05, 0.1) is 0 Å². The van der Waals surface area contributed by atoms with E-state index in [0.717, 1.165) is 21.2 Å². The quantitative estimate of drug-likeness (QED) is 0.344. The van der Waals surface area contributed by atoms with Crippen molar-refractivity contribution in [1.82, 2.24) is 0 Å². The molecule has 3 heteroatoms. The molecule has 0 spiro atoms. The molecule has 0 atom stereocenters. The van der Waals surface area contributed by atoms with Crippen LogP contribution in [0.3, 0.4) is 0 Å². The molecule has 0 nitrogen and oxygen atoms in total. The Balaban J connectivity index is 2.18. The van der Waals surface area contributed by atoms with Gasteiger partial charge in [-0.3, -0.25) is 0 Å². The van der Waals surface area contributed by atoms with Gasteiger partial charge in [-0.2, -0.15) is 0 Å². The van der Waals surface area contributed by atoms with E-state index in [0.29, 0.717) is 0 Å². The molecule has 0 N–H and O–H groups in total. The van der Waals surface area contributed by atoms with Crippen LogP contribution in [0.2, 0.25) is 0 Å². The summed E-state index contributed by atoms with van der Waals surface area (Å²) in [5.74, 6) is 0. The Morgan fingerprint density at radius 1 is 1.67 bits per heavy atom. The summed E-state index contributed by atoms with van der Waals surface area (Å²) in [6, 6.07) is 0. The Morgan fingerprint density at radius 3 is 2.67 bits per heavy atom. The second-order valence-corrected chi connectivity index (χ2v) is 18.7. The summed E-state index contributed by atoms with van der Waals surface area (Å²) in [6.07, 6.45) is 0. The fraction of sp³-hybridized carbons (Fsp3) is 1.00. The zero-order valence-electron chi connectivity index (χ0n) is 3.26. The molecule has 1 fully saturated rings. The van der Waals surface area contributed by atoms with Crippen LogP contribution in [0.4, 0.5) is 0 Å². The fourth-order valence-electron chi connectivity index (χ4n) is 0.307. The van der Waals surface area contributed by atoms with Gasteiger partial charge in [-0.25, -0.2) is 0 Å². The first-order valence-electron chi connectivity index (χ1n) is 1.71. The standard InChI is InChI=1S/C3H6I3/c4-6-2-1-5-3-6/h1-3H2/q-1. The molecule has 0 unspecified atom stereocenters. The number of rotatable bonds is 0. The van der Waals surface area contributed by atoms with E-state index in [9.17, 15) is 0 Å². The van der Waals surface area contributed by atoms with E-state index in [2.05, 4.69) is 18.6 Å². The van der Waals surface area contributed by atoms with E-state index in [1.807, 2.05) is 0 Å². The number of alkyl halides is 4. The summed E-state index contributed by atoms with van der Waals surface area (Å²) < 4.78 is 5.08. The molecule has 6 heavy (non-hydrogen) atoms. The van der Waals surface area contributed by atoms with Crippen molar-refractivity contribution >= 4 is 34.5 Å². The van der Waals surface area contributed by atoms with Gasteiger partial charge in [-0.15, -0.1) is 0 Å². The van der Waals surface area contributed by atoms with Gasteiger partial charge in [0.2, 0.25) is 0 Å². The molecule has 0 bridgehead atoms. The third-order valence-electron chi connectivity index (χ3n) is 0.591. The van der Waals surface area contributed by atoms with Crippen molar-refractivity contribution in [2.75, 3.05) is 11.3 Å². The molecule has 1 saturated heterocycles. The van der Waals surface area contributed by atoms with Crippen molar-refractivity contribution < 1.29 is 21.2 Å². The first-order chi connectivity index (χ1) is 2.89. The normalized spacial score (nSPS) is 29.8. The fourth-order valence-corrected chi connectivity index (χ4v) is 27.7. The van der Waals surface area contributed by atoms with Crippen molar-refractivity contribution in [3.63, 3.8) is 0 Å². The second-order valence-electron chi connectivity index (χ2n) is 1.06. The van der Waals surface area contributed by atoms with Crippen LogP contribution in [0, 0.1) is 0 Å². The number of halogens is 3. The van der Waals surface area contributed by atoms with Crippen LogP contribution in [0.15, 0.2) is 0 Å². The van der Waals surface area contributed by atoms with Gasteiger partial charge in [0, 0.05) is 0 Å². The average molecular weight is 423 g/mol. The van der Waals surface area contributed by atoms with Crippen molar-refractivity contribution in [2.45, 2.75) is 0 Å². The molecule has 0 aromatic heterocycles. The molecule has 40 valence electrons. The summed E-state index contributed by atoms with van der Waals surface area (Å²) in [7, 11) is 0. The molecule has 1 rings (SSSR count). The molecule has 0 amide bonds. The summed E-state index contributed by atoms with van der Waals surface area (Å²) in [4.78, 5) is 0. The number of hydrogen-bond donors (Lipinski definition) is 0. The van der Waals surface area contributed by atoms with Gasteiger partial charge in [0.25, 0.3) is 0 Å². The van der Waals surface area contributed by atoms with E-state index in [1.165, 1.54) is 0 Å². The minimum atomic E-state index is -0.171. The Kier molecular flexibility index (Phi) is 3.43. The molecule has 1 heterocycles. The van der Waals surface area contributed by atoms with Crippen LogP contribution >= 0.6 is 34.5 Å². The SMILES string of the molecule is II1CC[I-]C1. The molecular weight excluding hydrogens is 417 g/mol. The van der Waals surface area contributed by atoms with Crippen LogP contribution in [0.25, 0.3) is 0 Å². The number of hydrogen-bond acceptors (Lipinski definition) is 0. The van der Waals surface area contributed by atoms with Crippen LogP contribution in [0.5, 0.6) is 0 Å². The zero-order valence-corrected chi connectivity index (χ0v) is 9.73. The first kappa shape index (κ1) is 6.31. The van der Waals surface area contributed by atoms with Gasteiger partial charge in [-0.1, -0.05) is 0 Å². The zero-order chi connectivity index (χ0) is 4.41. The van der Waals surface area contributed by atoms with Gasteiger partial charge in [-0.05, 0) is 0 Å². The monoisotopic (exact) mass is 423 g/mol. The van der Waals surface area contributed by atoms with Crippen LogP contribution in [-0.2, 0) is 0 Å². The molecule has 0 aromatic carbocycles. The maximum atomic E-state index is 2.72. The Labute approximate surface area is 65.7 Å². The van der Waals surface area contributed by atoms with E-state index >= 15 is 0 Å². The summed E-state index contributed by atoms with van der Waals surface area (Å²) in [6.45, 7) is 0. The minimum absolute atomic E-state index is 0.171. The van der Waals surface area contributed by atoms with Crippen LogP contribution in [0.1, 0.15) is 0 Å². The summed E-state index contributed by atoms with van der Waals surface area (Å²) in [5.41, 5.74) is 0. The van der Waals surface area contributed by atoms with E-state index in [4.69, 9.17) is 0 Å². The van der Waals surface area contributed by atoms with Gasteiger partial charge in [0.15, 0.2) is 0 Å². The van der Waals surface area contributed by atoms with Crippen molar-refractivity contribution in [3.8, 4) is 0 Å². The van der Waals surface area contributed by atoms with Crippen molar-refractivity contribution in [1.29, 1.82) is 0 Å². The second kappa shape index (κ2) is 3.26. The molecule has 0 radical (unpaired) electrons. The van der Waals surface area contributed by atoms with Crippen LogP contribution in [-0.4, -0.2) is 11.3 Å². The van der Waals surface area contributed by atoms with Crippen molar-refractivity contribution in [2.24, 2.45) is 0 Å². The molecule has 1 aliphatic rings. The third-order valence-corrected chi connectivity index (χ3v) is 26.2. The molecule has 1 aliphatic heterocycles. The van der Waals surface area contributed by atoms with E-state index in [-0.39, 0.29) is 15.8 Å². The van der Waals surface area contributed by atoms with Gasteiger partial charge >= 0.3 is 67.0 Å². The van der Waals surface area contributed by atoms with E-state index in [1.54, 1.807) is 11.3 Å². The molecular formula is C3H6I3-. The molecule has 0 saturated carbocycles. The maximum absolute atomic E-state index is 2.72. The van der Waals surface area contributed by atoms with Crippen molar-refractivity contribution in [3.05, 3.63) is 0 Å². The first-order valence-corrected chi connectivity index (χ1v) is 14.1. The van der Waals surface area contributed by atoms with Gasteiger partial charge in [0.1, 0.15) is 0 Å². The molecule has 0 aliphatic carbocycles. The Morgan fingerprint density at radius 2 is 2.50 bits per heavy atom. The van der Waals surface area contributed by atoms with E-state index < -0.39 is 0 Å². The predicted molar refractivity (Wildman–Crippen MR) is 42.6 cm³/mol. The molecule has 0 aromatic rings.